The Bertz CT molecular complexity index is 517. The topological polar surface area (TPSA) is 46.0 Å². The van der Waals surface area contributed by atoms with Gasteiger partial charge in [-0.3, -0.25) is 5.10 Å². The number of aromatic nitrogens is 4. The molecule has 4 nitrogen and oxygen atoms in total. The Morgan fingerprint density at radius 1 is 1.43 bits per heavy atom. The molecule has 0 bridgehead atoms. The van der Waals surface area contributed by atoms with E-state index in [1.54, 1.807) is 10.8 Å². The second kappa shape index (κ2) is 2.88. The summed E-state index contributed by atoms with van der Waals surface area (Å²) in [5, 5.41) is 2.91. The summed E-state index contributed by atoms with van der Waals surface area (Å²) in [6.45, 7) is 6.31. The van der Waals surface area contributed by atoms with Gasteiger partial charge in [-0.15, -0.1) is 0 Å². The molecule has 0 saturated heterocycles. The van der Waals surface area contributed by atoms with Gasteiger partial charge < -0.3 is 0 Å². The van der Waals surface area contributed by atoms with E-state index in [0.29, 0.717) is 10.4 Å². The smallest absolute Gasteiger partial charge is 0.251 e. The molecule has 2 aromatic heterocycles. The number of rotatable bonds is 0. The Balaban J connectivity index is 2.77. The van der Waals surface area contributed by atoms with E-state index in [2.05, 4.69) is 35.8 Å². The lowest BCUT2D eigenvalue weighted by Crippen LogP contribution is -2.14. The molecule has 2 heterocycles. The van der Waals surface area contributed by atoms with Gasteiger partial charge in [0, 0.05) is 5.41 Å². The number of hydrogen-bond donors (Lipinski definition) is 1. The van der Waals surface area contributed by atoms with Crippen molar-refractivity contribution in [3.05, 3.63) is 22.7 Å². The maximum atomic E-state index is 5.22. The highest BCUT2D eigenvalue weighted by molar-refractivity contribution is 7.71. The molecule has 0 amide bonds. The van der Waals surface area contributed by atoms with Crippen LogP contribution in [0, 0.1) is 4.64 Å². The normalized spacial score (nSPS) is 12.2. The molecule has 0 aliphatic carbocycles. The molecule has 5 heteroatoms. The molecular formula is C9H12N4S. The minimum atomic E-state index is 0.00125. The molecule has 14 heavy (non-hydrogen) atoms. The summed E-state index contributed by atoms with van der Waals surface area (Å²) in [5.41, 5.74) is 0.968. The highest BCUT2D eigenvalue weighted by atomic mass is 32.1. The Morgan fingerprint density at radius 3 is 2.79 bits per heavy atom. The predicted molar refractivity (Wildman–Crippen MR) is 56.9 cm³/mol. The summed E-state index contributed by atoms with van der Waals surface area (Å²) in [6.07, 6.45) is 1.59. The van der Waals surface area contributed by atoms with E-state index < -0.39 is 0 Å². The van der Waals surface area contributed by atoms with Gasteiger partial charge in [-0.05, 0) is 6.07 Å². The van der Waals surface area contributed by atoms with Gasteiger partial charge in [0.2, 0.25) is 0 Å². The first-order valence-corrected chi connectivity index (χ1v) is 4.83. The Morgan fingerprint density at radius 2 is 2.14 bits per heavy atom. The van der Waals surface area contributed by atoms with E-state index in [1.807, 2.05) is 6.07 Å². The summed E-state index contributed by atoms with van der Waals surface area (Å²) in [7, 11) is 0. The van der Waals surface area contributed by atoms with Crippen LogP contribution in [-0.2, 0) is 5.41 Å². The first-order chi connectivity index (χ1) is 6.48. The third kappa shape index (κ3) is 1.43. The second-order valence-electron chi connectivity index (χ2n) is 4.25. The van der Waals surface area contributed by atoms with Crippen LogP contribution >= 0.6 is 12.2 Å². The van der Waals surface area contributed by atoms with Crippen molar-refractivity contribution in [3.8, 4) is 0 Å². The number of hydrogen-bond acceptors (Lipinski definition) is 3. The Labute approximate surface area is 87.0 Å². The molecule has 0 fully saturated rings. The van der Waals surface area contributed by atoms with E-state index >= 15 is 0 Å². The van der Waals surface area contributed by atoms with Crippen molar-refractivity contribution >= 4 is 18.0 Å². The molecule has 2 rings (SSSR count). The molecule has 2 aromatic rings. The molecular weight excluding hydrogens is 196 g/mol. The minimum absolute atomic E-state index is 0.00125. The van der Waals surface area contributed by atoms with Crippen molar-refractivity contribution in [1.29, 1.82) is 0 Å². The standard InChI is InChI=1S/C9H12N4S/c1-9(2,3)6-4-7(14)13-8(12-6)10-5-11-13/h4-5H,1-3H3,(H,10,11,12). The quantitative estimate of drug-likeness (QED) is 0.674. The Hall–Kier alpha value is -1.23. The average Bonchev–Trinajstić information content (AvgIpc) is 2.50. The van der Waals surface area contributed by atoms with Crippen LogP contribution in [0.3, 0.4) is 0 Å². The fourth-order valence-corrected chi connectivity index (χ4v) is 1.45. The van der Waals surface area contributed by atoms with E-state index in [0.717, 1.165) is 5.69 Å². The van der Waals surface area contributed by atoms with Crippen LogP contribution in [0.25, 0.3) is 5.78 Å². The Kier molecular flexibility index (Phi) is 1.92. The molecule has 1 N–H and O–H groups in total. The largest absolute Gasteiger partial charge is 0.280 e. The molecule has 0 unspecified atom stereocenters. The van der Waals surface area contributed by atoms with Crippen LogP contribution < -0.4 is 0 Å². The third-order valence-corrected chi connectivity index (χ3v) is 2.34. The zero-order valence-electron chi connectivity index (χ0n) is 8.40. The summed E-state index contributed by atoms with van der Waals surface area (Å²) < 4.78 is 2.39. The van der Waals surface area contributed by atoms with Crippen molar-refractivity contribution in [2.75, 3.05) is 0 Å². The summed E-state index contributed by atoms with van der Waals surface area (Å²) in [6, 6.07) is 1.90. The third-order valence-electron chi connectivity index (χ3n) is 2.04. The van der Waals surface area contributed by atoms with Crippen LogP contribution in [0.5, 0.6) is 0 Å². The van der Waals surface area contributed by atoms with Crippen LogP contribution in [0.4, 0.5) is 0 Å². The summed E-state index contributed by atoms with van der Waals surface area (Å²) in [5.74, 6) is 0.627. The van der Waals surface area contributed by atoms with Crippen molar-refractivity contribution in [1.82, 2.24) is 19.6 Å². The second-order valence-corrected chi connectivity index (χ2v) is 4.67. The molecule has 0 aromatic carbocycles. The van der Waals surface area contributed by atoms with Gasteiger partial charge in [0.1, 0.15) is 11.0 Å². The first kappa shape index (κ1) is 9.33. The van der Waals surface area contributed by atoms with Gasteiger partial charge in [0.15, 0.2) is 0 Å². The molecule has 0 saturated carbocycles. The fourth-order valence-electron chi connectivity index (χ4n) is 1.21. The van der Waals surface area contributed by atoms with E-state index in [4.69, 9.17) is 12.2 Å². The lowest BCUT2D eigenvalue weighted by molar-refractivity contribution is 0.567. The molecule has 0 aliphatic rings. The number of nitrogens with one attached hydrogen (secondary N) is 1. The molecule has 0 spiro atoms. The van der Waals surface area contributed by atoms with Gasteiger partial charge >= 0.3 is 0 Å². The molecule has 0 atom stereocenters. The van der Waals surface area contributed by atoms with Crippen molar-refractivity contribution < 1.29 is 0 Å². The molecule has 74 valence electrons. The summed E-state index contributed by atoms with van der Waals surface area (Å²) in [4.78, 5) is 8.50. The number of H-pyrrole nitrogens is 1. The zero-order valence-corrected chi connectivity index (χ0v) is 9.22. The first-order valence-electron chi connectivity index (χ1n) is 4.42. The highest BCUT2D eigenvalue weighted by Crippen LogP contribution is 2.20. The van der Waals surface area contributed by atoms with Crippen LogP contribution in [-0.4, -0.2) is 19.6 Å². The van der Waals surface area contributed by atoms with E-state index in [1.165, 1.54) is 0 Å². The minimum Gasteiger partial charge on any atom is -0.280 e. The summed E-state index contributed by atoms with van der Waals surface area (Å²) >= 11 is 5.22. The fraction of sp³-hybridized carbons (Fsp3) is 0.444. The maximum Gasteiger partial charge on any atom is 0.251 e. The van der Waals surface area contributed by atoms with Crippen LogP contribution in [0.1, 0.15) is 26.5 Å². The number of nitrogens with zero attached hydrogens (tertiary/aromatic N) is 3. The SMILES string of the molecule is CC(C)(C)c1cc(=S)n2[nH]cnc2n1. The maximum absolute atomic E-state index is 5.22. The van der Waals surface area contributed by atoms with Gasteiger partial charge in [-0.2, -0.15) is 0 Å². The van der Waals surface area contributed by atoms with Crippen molar-refractivity contribution in [2.45, 2.75) is 26.2 Å². The van der Waals surface area contributed by atoms with Crippen molar-refractivity contribution in [2.24, 2.45) is 0 Å². The van der Waals surface area contributed by atoms with Crippen molar-refractivity contribution in [3.63, 3.8) is 0 Å². The molecule has 0 radical (unpaired) electrons. The molecule has 0 aliphatic heterocycles. The lowest BCUT2D eigenvalue weighted by Gasteiger charge is -2.16. The van der Waals surface area contributed by atoms with Gasteiger partial charge in [-0.1, -0.05) is 33.0 Å². The number of fused-ring (bicyclic) bond motifs is 1. The van der Waals surface area contributed by atoms with Crippen LogP contribution in [0.2, 0.25) is 0 Å². The van der Waals surface area contributed by atoms with Gasteiger partial charge in [0.25, 0.3) is 5.78 Å². The van der Waals surface area contributed by atoms with Gasteiger partial charge in [0.05, 0.1) is 5.69 Å². The average molecular weight is 208 g/mol. The highest BCUT2D eigenvalue weighted by Gasteiger charge is 2.16. The zero-order chi connectivity index (χ0) is 10.3. The predicted octanol–water partition coefficient (Wildman–Crippen LogP) is 2.08. The lowest BCUT2D eigenvalue weighted by atomic mass is 9.92. The monoisotopic (exact) mass is 208 g/mol. The van der Waals surface area contributed by atoms with Crippen LogP contribution in [0.15, 0.2) is 12.4 Å². The van der Waals surface area contributed by atoms with E-state index in [-0.39, 0.29) is 5.41 Å². The van der Waals surface area contributed by atoms with E-state index in [9.17, 15) is 0 Å². The number of aromatic amines is 1. The van der Waals surface area contributed by atoms with Gasteiger partial charge in [-0.25, -0.2) is 14.5 Å².